The maximum Gasteiger partial charge on any atom is 0.238 e. The highest BCUT2D eigenvalue weighted by Crippen LogP contribution is 2.53. The minimum Gasteiger partial charge on any atom is -0.274 e. The maximum absolute atomic E-state index is 13.0. The molecule has 1 saturated heterocycles. The summed E-state index contributed by atoms with van der Waals surface area (Å²) in [6, 6.07) is 13.0. The molecule has 2 bridgehead atoms. The summed E-state index contributed by atoms with van der Waals surface area (Å²) in [6.07, 6.45) is 5.11. The predicted octanol–water partition coefficient (Wildman–Crippen LogP) is 3.02. The summed E-state index contributed by atoms with van der Waals surface area (Å²) in [5.74, 6) is -0.186. The number of anilines is 1. The number of benzene rings is 2. The lowest BCUT2D eigenvalue weighted by molar-refractivity contribution is -0.123. The predicted molar refractivity (Wildman–Crippen MR) is 88.9 cm³/mol. The summed E-state index contributed by atoms with van der Waals surface area (Å²) in [6.45, 7) is 0. The SMILES string of the molecule is N#Cc1ccc(N2C(=O)C3C4C=CC(C4)C3C2=O)c2ccccc12. The lowest BCUT2D eigenvalue weighted by Gasteiger charge is -2.19. The molecule has 2 aliphatic carbocycles. The molecule has 2 fully saturated rings. The van der Waals surface area contributed by atoms with E-state index in [4.69, 9.17) is 0 Å². The molecule has 5 rings (SSSR count). The van der Waals surface area contributed by atoms with Gasteiger partial charge in [0, 0.05) is 10.8 Å². The van der Waals surface area contributed by atoms with Gasteiger partial charge >= 0.3 is 0 Å². The van der Waals surface area contributed by atoms with Crippen molar-refractivity contribution in [3.8, 4) is 6.07 Å². The molecule has 0 spiro atoms. The summed E-state index contributed by atoms with van der Waals surface area (Å²) in [5, 5.41) is 10.8. The van der Waals surface area contributed by atoms with Crippen molar-refractivity contribution >= 4 is 28.3 Å². The minimum absolute atomic E-state index is 0.0864. The van der Waals surface area contributed by atoms with Gasteiger partial charge in [-0.1, -0.05) is 36.4 Å². The van der Waals surface area contributed by atoms with Crippen LogP contribution in [-0.4, -0.2) is 11.8 Å². The number of allylic oxidation sites excluding steroid dienone is 2. The molecule has 24 heavy (non-hydrogen) atoms. The van der Waals surface area contributed by atoms with Gasteiger partial charge in [-0.3, -0.25) is 9.59 Å². The van der Waals surface area contributed by atoms with E-state index in [1.807, 2.05) is 24.3 Å². The molecule has 2 aromatic rings. The van der Waals surface area contributed by atoms with Crippen molar-refractivity contribution in [1.82, 2.24) is 0 Å². The molecule has 1 heterocycles. The summed E-state index contributed by atoms with van der Waals surface area (Å²) in [5.41, 5.74) is 1.16. The normalized spacial score (nSPS) is 30.2. The van der Waals surface area contributed by atoms with Crippen LogP contribution in [0.1, 0.15) is 12.0 Å². The van der Waals surface area contributed by atoms with E-state index in [0.29, 0.717) is 11.3 Å². The third-order valence-electron chi connectivity index (χ3n) is 5.73. The molecular formula is C20H14N2O2. The number of hydrogen-bond acceptors (Lipinski definition) is 3. The Labute approximate surface area is 139 Å². The summed E-state index contributed by atoms with van der Waals surface area (Å²) < 4.78 is 0. The summed E-state index contributed by atoms with van der Waals surface area (Å²) in [7, 11) is 0. The highest BCUT2D eigenvalue weighted by molar-refractivity contribution is 6.25. The van der Waals surface area contributed by atoms with E-state index in [2.05, 4.69) is 18.2 Å². The highest BCUT2D eigenvalue weighted by Gasteiger charge is 2.59. The minimum atomic E-state index is -0.207. The number of carbonyl (C=O) groups is 2. The molecule has 2 aromatic carbocycles. The van der Waals surface area contributed by atoms with Crippen LogP contribution in [0.5, 0.6) is 0 Å². The van der Waals surface area contributed by atoms with Crippen LogP contribution < -0.4 is 4.90 Å². The number of carbonyl (C=O) groups excluding carboxylic acids is 2. The molecule has 4 atom stereocenters. The number of hydrogen-bond donors (Lipinski definition) is 0. The van der Waals surface area contributed by atoms with Gasteiger partial charge in [0.05, 0.1) is 29.2 Å². The Bertz CT molecular complexity index is 955. The van der Waals surface area contributed by atoms with Crippen molar-refractivity contribution in [3.05, 3.63) is 54.1 Å². The van der Waals surface area contributed by atoms with E-state index in [1.54, 1.807) is 12.1 Å². The van der Waals surface area contributed by atoms with Crippen molar-refractivity contribution < 1.29 is 9.59 Å². The summed E-state index contributed by atoms with van der Waals surface area (Å²) in [4.78, 5) is 27.4. The van der Waals surface area contributed by atoms with E-state index in [1.165, 1.54) is 4.90 Å². The van der Waals surface area contributed by atoms with Gasteiger partial charge in [-0.15, -0.1) is 0 Å². The Morgan fingerprint density at radius 1 is 0.917 bits per heavy atom. The number of nitrogens with zero attached hydrogens (tertiary/aromatic N) is 2. The Balaban J connectivity index is 1.69. The molecule has 0 radical (unpaired) electrons. The van der Waals surface area contributed by atoms with E-state index in [0.717, 1.165) is 17.2 Å². The van der Waals surface area contributed by atoms with E-state index < -0.39 is 0 Å². The molecule has 0 N–H and O–H groups in total. The first-order valence-electron chi connectivity index (χ1n) is 8.18. The second-order valence-corrected chi connectivity index (χ2v) is 6.80. The van der Waals surface area contributed by atoms with Crippen molar-refractivity contribution in [2.45, 2.75) is 6.42 Å². The fourth-order valence-electron chi connectivity index (χ4n) is 4.72. The fourth-order valence-corrected chi connectivity index (χ4v) is 4.72. The molecule has 1 aliphatic heterocycles. The van der Waals surface area contributed by atoms with Crippen LogP contribution in [0, 0.1) is 35.0 Å². The van der Waals surface area contributed by atoms with Gasteiger partial charge in [0.15, 0.2) is 0 Å². The first-order chi connectivity index (χ1) is 11.7. The van der Waals surface area contributed by atoms with Crippen LogP contribution >= 0.6 is 0 Å². The third kappa shape index (κ3) is 1.52. The van der Waals surface area contributed by atoms with Crippen molar-refractivity contribution in [1.29, 1.82) is 5.26 Å². The van der Waals surface area contributed by atoms with E-state index in [9.17, 15) is 14.9 Å². The Kier molecular flexibility index (Phi) is 2.56. The number of rotatable bonds is 1. The number of fused-ring (bicyclic) bond motifs is 6. The maximum atomic E-state index is 13.0. The standard InChI is InChI=1S/C20H14N2O2/c21-10-13-7-8-16(15-4-2-1-3-14(13)15)22-19(23)17-11-5-6-12(9-11)18(17)20(22)24/h1-8,11-12,17-18H,9H2. The molecule has 2 amide bonds. The van der Waals surface area contributed by atoms with Crippen LogP contribution in [0.15, 0.2) is 48.6 Å². The van der Waals surface area contributed by atoms with Gasteiger partial charge in [-0.25, -0.2) is 4.90 Å². The van der Waals surface area contributed by atoms with Crippen LogP contribution in [0.2, 0.25) is 0 Å². The summed E-state index contributed by atoms with van der Waals surface area (Å²) >= 11 is 0. The van der Waals surface area contributed by atoms with Gasteiger partial charge in [0.2, 0.25) is 11.8 Å². The largest absolute Gasteiger partial charge is 0.274 e. The lowest BCUT2D eigenvalue weighted by atomic mass is 9.85. The average molecular weight is 314 g/mol. The third-order valence-corrected chi connectivity index (χ3v) is 5.73. The Morgan fingerprint density at radius 2 is 1.54 bits per heavy atom. The van der Waals surface area contributed by atoms with Crippen molar-refractivity contribution in [3.63, 3.8) is 0 Å². The number of imide groups is 1. The molecular weight excluding hydrogens is 300 g/mol. The smallest absolute Gasteiger partial charge is 0.238 e. The second-order valence-electron chi connectivity index (χ2n) is 6.80. The molecule has 0 aromatic heterocycles. The monoisotopic (exact) mass is 314 g/mol. The Hall–Kier alpha value is -2.93. The Morgan fingerprint density at radius 3 is 2.17 bits per heavy atom. The van der Waals surface area contributed by atoms with Crippen molar-refractivity contribution in [2.24, 2.45) is 23.7 Å². The first-order valence-corrected chi connectivity index (χ1v) is 8.18. The van der Waals surface area contributed by atoms with Crippen LogP contribution in [0.4, 0.5) is 5.69 Å². The second kappa shape index (κ2) is 4.55. The molecule has 4 heteroatoms. The zero-order chi connectivity index (χ0) is 16.4. The zero-order valence-electron chi connectivity index (χ0n) is 12.8. The molecule has 3 aliphatic rings. The van der Waals surface area contributed by atoms with Gasteiger partial charge in [0.25, 0.3) is 0 Å². The van der Waals surface area contributed by atoms with Gasteiger partial charge in [-0.05, 0) is 30.4 Å². The van der Waals surface area contributed by atoms with Gasteiger partial charge in [0.1, 0.15) is 0 Å². The number of nitriles is 1. The lowest BCUT2D eigenvalue weighted by Crippen LogP contribution is -2.33. The first kappa shape index (κ1) is 13.5. The molecule has 1 saturated carbocycles. The quantitative estimate of drug-likeness (QED) is 0.600. The number of amides is 2. The van der Waals surface area contributed by atoms with Gasteiger partial charge < -0.3 is 0 Å². The fraction of sp³-hybridized carbons (Fsp3) is 0.250. The highest BCUT2D eigenvalue weighted by atomic mass is 16.2. The van der Waals surface area contributed by atoms with Gasteiger partial charge in [-0.2, -0.15) is 5.26 Å². The van der Waals surface area contributed by atoms with E-state index in [-0.39, 0.29) is 35.5 Å². The van der Waals surface area contributed by atoms with Crippen molar-refractivity contribution in [2.75, 3.05) is 4.90 Å². The molecule has 4 unspecified atom stereocenters. The van der Waals surface area contributed by atoms with Crippen LogP contribution in [0.25, 0.3) is 10.8 Å². The molecule has 116 valence electrons. The average Bonchev–Trinajstić information content (AvgIpc) is 3.28. The van der Waals surface area contributed by atoms with Crippen LogP contribution in [-0.2, 0) is 9.59 Å². The topological polar surface area (TPSA) is 61.2 Å². The zero-order valence-corrected chi connectivity index (χ0v) is 12.8. The van der Waals surface area contributed by atoms with E-state index >= 15 is 0 Å². The molecule has 4 nitrogen and oxygen atoms in total. The van der Waals surface area contributed by atoms with Crippen LogP contribution in [0.3, 0.4) is 0 Å².